The number of aryl methyl sites for hydroxylation is 1. The zero-order valence-electron chi connectivity index (χ0n) is 7.91. The molecule has 0 saturated carbocycles. The van der Waals surface area contributed by atoms with E-state index in [1.165, 1.54) is 6.92 Å². The molecule has 1 aromatic heterocycles. The van der Waals surface area contributed by atoms with Gasteiger partial charge in [0.1, 0.15) is 0 Å². The van der Waals surface area contributed by atoms with Crippen LogP contribution < -0.4 is 0 Å². The third-order valence-corrected chi connectivity index (χ3v) is 2.48. The Morgan fingerprint density at radius 1 is 1.50 bits per heavy atom. The summed E-state index contributed by atoms with van der Waals surface area (Å²) in [5, 5.41) is 5.32. The molecule has 72 valence electrons. The lowest BCUT2D eigenvalue weighted by molar-refractivity contribution is 0.101. The molecule has 0 aliphatic heterocycles. The fourth-order valence-electron chi connectivity index (χ4n) is 1.58. The Morgan fingerprint density at radius 3 is 2.86 bits per heavy atom. The van der Waals surface area contributed by atoms with Gasteiger partial charge in [-0.1, -0.05) is 17.7 Å². The number of nitrogens with zero attached hydrogens (tertiary/aromatic N) is 2. The molecule has 14 heavy (non-hydrogen) atoms. The van der Waals surface area contributed by atoms with Crippen molar-refractivity contribution in [2.45, 2.75) is 6.92 Å². The lowest BCUT2D eigenvalue weighted by Crippen LogP contribution is -1.98. The molecule has 0 fully saturated rings. The topological polar surface area (TPSA) is 34.9 Å². The van der Waals surface area contributed by atoms with Gasteiger partial charge < -0.3 is 0 Å². The maximum absolute atomic E-state index is 11.3. The van der Waals surface area contributed by atoms with Gasteiger partial charge in [0.25, 0.3) is 0 Å². The number of Topliss-reactive ketones (excluding diaryl/α,β-unsaturated/α-hetero) is 1. The summed E-state index contributed by atoms with van der Waals surface area (Å²) in [5.41, 5.74) is 1.45. The molecule has 3 nitrogen and oxygen atoms in total. The van der Waals surface area contributed by atoms with Crippen LogP contribution in [0.3, 0.4) is 0 Å². The number of carbonyl (C=O) groups excluding carboxylic acids is 1. The maximum Gasteiger partial charge on any atom is 0.161 e. The standard InChI is InChI=1S/C10H9ClN2O/c1-6(14)7-4-3-5-8-9(7)13(2)12-10(8)11/h3-5H,1-2H3. The monoisotopic (exact) mass is 208 g/mol. The first-order chi connectivity index (χ1) is 6.61. The molecule has 4 heteroatoms. The number of rotatable bonds is 1. The molecule has 0 spiro atoms. The highest BCUT2D eigenvalue weighted by atomic mass is 35.5. The van der Waals surface area contributed by atoms with Gasteiger partial charge in [-0.15, -0.1) is 0 Å². The van der Waals surface area contributed by atoms with Crippen molar-refractivity contribution in [2.24, 2.45) is 7.05 Å². The number of para-hydroxylation sites is 1. The molecular weight excluding hydrogens is 200 g/mol. The number of benzene rings is 1. The Morgan fingerprint density at radius 2 is 2.21 bits per heavy atom. The lowest BCUT2D eigenvalue weighted by atomic mass is 10.1. The zero-order valence-corrected chi connectivity index (χ0v) is 8.67. The highest BCUT2D eigenvalue weighted by Gasteiger charge is 2.12. The maximum atomic E-state index is 11.3. The largest absolute Gasteiger partial charge is 0.294 e. The molecule has 1 aromatic carbocycles. The first-order valence-corrected chi connectivity index (χ1v) is 4.61. The fourth-order valence-corrected chi connectivity index (χ4v) is 1.84. The number of carbonyl (C=O) groups is 1. The van der Waals surface area contributed by atoms with E-state index in [1.807, 2.05) is 12.1 Å². The molecule has 0 N–H and O–H groups in total. The van der Waals surface area contributed by atoms with E-state index in [0.717, 1.165) is 10.9 Å². The highest BCUT2D eigenvalue weighted by Crippen LogP contribution is 2.25. The number of halogens is 1. The van der Waals surface area contributed by atoms with E-state index in [-0.39, 0.29) is 5.78 Å². The predicted octanol–water partition coefficient (Wildman–Crippen LogP) is 2.43. The van der Waals surface area contributed by atoms with Crippen LogP contribution in [0.15, 0.2) is 18.2 Å². The number of aromatic nitrogens is 2. The highest BCUT2D eigenvalue weighted by molar-refractivity contribution is 6.34. The summed E-state index contributed by atoms with van der Waals surface area (Å²) in [5.74, 6) is 0.0234. The van der Waals surface area contributed by atoms with E-state index in [1.54, 1.807) is 17.8 Å². The fraction of sp³-hybridized carbons (Fsp3) is 0.200. The van der Waals surface area contributed by atoms with Crippen LogP contribution in [0.25, 0.3) is 10.9 Å². The second-order valence-corrected chi connectivity index (χ2v) is 3.53. The van der Waals surface area contributed by atoms with Crippen molar-refractivity contribution in [3.63, 3.8) is 0 Å². The van der Waals surface area contributed by atoms with Gasteiger partial charge in [0.2, 0.25) is 0 Å². The minimum absolute atomic E-state index is 0.0234. The van der Waals surface area contributed by atoms with Crippen molar-refractivity contribution in [1.82, 2.24) is 9.78 Å². The van der Waals surface area contributed by atoms with Crippen molar-refractivity contribution in [3.8, 4) is 0 Å². The van der Waals surface area contributed by atoms with E-state index in [9.17, 15) is 4.79 Å². The number of ketones is 1. The van der Waals surface area contributed by atoms with Crippen LogP contribution in [0.1, 0.15) is 17.3 Å². The van der Waals surface area contributed by atoms with Crippen molar-refractivity contribution in [3.05, 3.63) is 28.9 Å². The van der Waals surface area contributed by atoms with Crippen molar-refractivity contribution >= 4 is 28.3 Å². The molecule has 0 saturated heterocycles. The van der Waals surface area contributed by atoms with Crippen LogP contribution in [0.2, 0.25) is 5.15 Å². The van der Waals surface area contributed by atoms with Crippen molar-refractivity contribution in [2.75, 3.05) is 0 Å². The second-order valence-electron chi connectivity index (χ2n) is 3.17. The number of fused-ring (bicyclic) bond motifs is 1. The quantitative estimate of drug-likeness (QED) is 0.675. The molecule has 1 heterocycles. The molecule has 0 bridgehead atoms. The normalized spacial score (nSPS) is 10.8. The Labute approximate surface area is 86.3 Å². The molecule has 0 unspecified atom stereocenters. The minimum atomic E-state index is 0.0234. The van der Waals surface area contributed by atoms with Crippen molar-refractivity contribution in [1.29, 1.82) is 0 Å². The Balaban J connectivity index is 2.92. The number of hydrogen-bond acceptors (Lipinski definition) is 2. The summed E-state index contributed by atoms with van der Waals surface area (Å²) in [6.45, 7) is 1.54. The molecule has 0 aliphatic rings. The average Bonchev–Trinajstić information content (AvgIpc) is 2.43. The molecule has 2 aromatic rings. The summed E-state index contributed by atoms with van der Waals surface area (Å²) in [4.78, 5) is 11.3. The van der Waals surface area contributed by atoms with Gasteiger partial charge in [0.15, 0.2) is 10.9 Å². The third-order valence-electron chi connectivity index (χ3n) is 2.20. The van der Waals surface area contributed by atoms with Crippen LogP contribution in [0, 0.1) is 0 Å². The van der Waals surface area contributed by atoms with Gasteiger partial charge >= 0.3 is 0 Å². The zero-order chi connectivity index (χ0) is 10.3. The van der Waals surface area contributed by atoms with Gasteiger partial charge in [-0.25, -0.2) is 0 Å². The molecule has 2 rings (SSSR count). The van der Waals surface area contributed by atoms with Crippen LogP contribution in [-0.4, -0.2) is 15.6 Å². The summed E-state index contributed by atoms with van der Waals surface area (Å²) in [6.07, 6.45) is 0. The molecule has 0 radical (unpaired) electrons. The summed E-state index contributed by atoms with van der Waals surface area (Å²) in [6, 6.07) is 5.45. The first-order valence-electron chi connectivity index (χ1n) is 4.23. The van der Waals surface area contributed by atoms with Crippen LogP contribution in [-0.2, 0) is 7.05 Å². The number of hydrogen-bond donors (Lipinski definition) is 0. The summed E-state index contributed by atoms with van der Waals surface area (Å²) in [7, 11) is 1.78. The molecule has 0 aliphatic carbocycles. The van der Waals surface area contributed by atoms with Gasteiger partial charge in [-0.05, 0) is 19.1 Å². The Hall–Kier alpha value is -1.35. The second kappa shape index (κ2) is 3.10. The summed E-state index contributed by atoms with van der Waals surface area (Å²) >= 11 is 5.91. The van der Waals surface area contributed by atoms with E-state index in [4.69, 9.17) is 11.6 Å². The SMILES string of the molecule is CC(=O)c1cccc2c(Cl)nn(C)c12. The molecule has 0 amide bonds. The van der Waals surface area contributed by atoms with Gasteiger partial charge in [0.05, 0.1) is 5.52 Å². The Kier molecular flexibility index (Phi) is 2.04. The lowest BCUT2D eigenvalue weighted by Gasteiger charge is -1.99. The van der Waals surface area contributed by atoms with Crippen LogP contribution in [0.4, 0.5) is 0 Å². The van der Waals surface area contributed by atoms with Gasteiger partial charge in [0, 0.05) is 18.0 Å². The van der Waals surface area contributed by atoms with Crippen LogP contribution in [0.5, 0.6) is 0 Å². The van der Waals surface area contributed by atoms with E-state index in [2.05, 4.69) is 5.10 Å². The molecule has 0 atom stereocenters. The smallest absolute Gasteiger partial charge is 0.161 e. The molecular formula is C10H9ClN2O. The van der Waals surface area contributed by atoms with Crippen molar-refractivity contribution < 1.29 is 4.79 Å². The van der Waals surface area contributed by atoms with Gasteiger partial charge in [-0.3, -0.25) is 9.48 Å². The van der Waals surface area contributed by atoms with Gasteiger partial charge in [-0.2, -0.15) is 5.10 Å². The van der Waals surface area contributed by atoms with E-state index >= 15 is 0 Å². The predicted molar refractivity (Wildman–Crippen MR) is 55.7 cm³/mol. The third kappa shape index (κ3) is 1.21. The minimum Gasteiger partial charge on any atom is -0.294 e. The summed E-state index contributed by atoms with van der Waals surface area (Å²) < 4.78 is 1.63. The Bertz CT molecular complexity index is 516. The van der Waals surface area contributed by atoms with E-state index < -0.39 is 0 Å². The first kappa shape index (κ1) is 9.21. The average molecular weight is 209 g/mol. The van der Waals surface area contributed by atoms with Crippen LogP contribution >= 0.6 is 11.6 Å². The van der Waals surface area contributed by atoms with E-state index in [0.29, 0.717) is 10.7 Å².